The zero-order chi connectivity index (χ0) is 12.3. The number of nitrogens with one attached hydrogen (secondary N) is 1. The van der Waals surface area contributed by atoms with Gasteiger partial charge in [-0.25, -0.2) is 4.98 Å². The summed E-state index contributed by atoms with van der Waals surface area (Å²) in [5.74, 6) is 0. The van der Waals surface area contributed by atoms with E-state index in [1.54, 1.807) is 0 Å². The molecule has 0 saturated carbocycles. The first kappa shape index (κ1) is 12.5. The molecule has 5 heteroatoms. The molecule has 0 bridgehead atoms. The van der Waals surface area contributed by atoms with E-state index < -0.39 is 0 Å². The van der Waals surface area contributed by atoms with Crippen molar-refractivity contribution in [1.29, 1.82) is 0 Å². The second-order valence-electron chi connectivity index (χ2n) is 4.12. The van der Waals surface area contributed by atoms with Crippen molar-refractivity contribution in [3.8, 4) is 0 Å². The number of nitrogens with zero attached hydrogens (tertiary/aromatic N) is 2. The van der Waals surface area contributed by atoms with Crippen molar-refractivity contribution in [2.75, 3.05) is 6.61 Å². The third-order valence-electron chi connectivity index (χ3n) is 2.74. The normalized spacial score (nSPS) is 13.1. The van der Waals surface area contributed by atoms with E-state index in [-0.39, 0.29) is 6.61 Å². The minimum Gasteiger partial charge on any atom is -0.396 e. The summed E-state index contributed by atoms with van der Waals surface area (Å²) in [4.78, 5) is 4.34. The number of rotatable bonds is 5. The lowest BCUT2D eigenvalue weighted by molar-refractivity contribution is 0.268. The van der Waals surface area contributed by atoms with Crippen molar-refractivity contribution in [2.24, 2.45) is 0 Å². The van der Waals surface area contributed by atoms with E-state index in [4.69, 9.17) is 5.11 Å². The molecule has 1 atom stereocenters. The van der Waals surface area contributed by atoms with Gasteiger partial charge in [0.1, 0.15) is 5.65 Å². The lowest BCUT2D eigenvalue weighted by Gasteiger charge is -2.11. The maximum absolute atomic E-state index is 8.84. The van der Waals surface area contributed by atoms with Crippen LogP contribution in [-0.2, 0) is 6.54 Å². The van der Waals surface area contributed by atoms with Crippen LogP contribution < -0.4 is 5.32 Å². The molecule has 0 aliphatic rings. The topological polar surface area (TPSA) is 49.6 Å². The Morgan fingerprint density at radius 2 is 2.35 bits per heavy atom. The number of aliphatic hydroxyl groups excluding tert-OH is 1. The lowest BCUT2D eigenvalue weighted by atomic mass is 10.2. The number of imidazole rings is 1. The van der Waals surface area contributed by atoms with Crippen molar-refractivity contribution < 1.29 is 5.11 Å². The Morgan fingerprint density at radius 1 is 1.53 bits per heavy atom. The Bertz CT molecular complexity index is 497. The quantitative estimate of drug-likeness (QED) is 0.887. The number of pyridine rings is 1. The van der Waals surface area contributed by atoms with Crippen molar-refractivity contribution in [2.45, 2.75) is 25.9 Å². The Kier molecular flexibility index (Phi) is 4.15. The summed E-state index contributed by atoms with van der Waals surface area (Å²) in [7, 11) is 0. The van der Waals surface area contributed by atoms with E-state index in [1.165, 1.54) is 0 Å². The molecule has 0 saturated heterocycles. The average Bonchev–Trinajstić information content (AvgIpc) is 2.69. The predicted molar refractivity (Wildman–Crippen MR) is 70.9 cm³/mol. The number of halogens is 1. The molecule has 2 N–H and O–H groups in total. The van der Waals surface area contributed by atoms with Crippen molar-refractivity contribution in [3.63, 3.8) is 0 Å². The van der Waals surface area contributed by atoms with E-state index in [0.29, 0.717) is 6.04 Å². The first-order chi connectivity index (χ1) is 8.20. The highest BCUT2D eigenvalue weighted by Crippen LogP contribution is 2.13. The van der Waals surface area contributed by atoms with Gasteiger partial charge < -0.3 is 14.8 Å². The van der Waals surface area contributed by atoms with Gasteiger partial charge in [-0.2, -0.15) is 0 Å². The molecule has 0 aliphatic heterocycles. The molecular formula is C12H16BrN3O. The Balaban J connectivity index is 2.10. The smallest absolute Gasteiger partial charge is 0.136 e. The Morgan fingerprint density at radius 3 is 3.12 bits per heavy atom. The highest BCUT2D eigenvalue weighted by molar-refractivity contribution is 9.10. The summed E-state index contributed by atoms with van der Waals surface area (Å²) in [6.07, 6.45) is 4.65. The van der Waals surface area contributed by atoms with Crippen LogP contribution in [0.3, 0.4) is 0 Å². The molecule has 17 heavy (non-hydrogen) atoms. The van der Waals surface area contributed by atoms with Crippen molar-refractivity contribution >= 4 is 21.6 Å². The van der Waals surface area contributed by atoms with Crippen LogP contribution in [0, 0.1) is 0 Å². The third-order valence-corrected chi connectivity index (χ3v) is 3.21. The highest BCUT2D eigenvalue weighted by atomic mass is 79.9. The molecule has 2 aromatic heterocycles. The first-order valence-electron chi connectivity index (χ1n) is 5.66. The van der Waals surface area contributed by atoms with E-state index in [0.717, 1.165) is 28.8 Å². The third kappa shape index (κ3) is 3.06. The van der Waals surface area contributed by atoms with Gasteiger partial charge >= 0.3 is 0 Å². The van der Waals surface area contributed by atoms with E-state index >= 15 is 0 Å². The summed E-state index contributed by atoms with van der Waals surface area (Å²) in [5, 5.41) is 12.2. The number of aromatic nitrogens is 2. The molecule has 0 fully saturated rings. The van der Waals surface area contributed by atoms with E-state index in [2.05, 4.69) is 37.6 Å². The Labute approximate surface area is 109 Å². The number of fused-ring (bicyclic) bond motifs is 1. The van der Waals surface area contributed by atoms with Crippen molar-refractivity contribution in [3.05, 3.63) is 34.7 Å². The van der Waals surface area contributed by atoms with Gasteiger partial charge in [0.15, 0.2) is 0 Å². The van der Waals surface area contributed by atoms with Gasteiger partial charge in [0.25, 0.3) is 0 Å². The van der Waals surface area contributed by atoms with Gasteiger partial charge in [-0.05, 0) is 41.4 Å². The molecule has 0 aliphatic carbocycles. The number of hydrogen-bond donors (Lipinski definition) is 2. The SMILES string of the molecule is CC(CCO)NCc1cnc2ccc(Br)cn12. The monoisotopic (exact) mass is 297 g/mol. The first-order valence-corrected chi connectivity index (χ1v) is 6.45. The van der Waals surface area contributed by atoms with Crippen LogP contribution in [0.25, 0.3) is 5.65 Å². The van der Waals surface area contributed by atoms with Gasteiger partial charge in [0, 0.05) is 29.9 Å². The molecular weight excluding hydrogens is 282 g/mol. The molecule has 2 aromatic rings. The molecule has 0 radical (unpaired) electrons. The van der Waals surface area contributed by atoms with E-state index in [1.807, 2.05) is 24.5 Å². The fraction of sp³-hybridized carbons (Fsp3) is 0.417. The molecule has 0 amide bonds. The zero-order valence-corrected chi connectivity index (χ0v) is 11.3. The molecule has 0 spiro atoms. The van der Waals surface area contributed by atoms with Crippen LogP contribution in [0.5, 0.6) is 0 Å². The summed E-state index contributed by atoms with van der Waals surface area (Å²) in [6, 6.07) is 4.26. The lowest BCUT2D eigenvalue weighted by Crippen LogP contribution is -2.26. The van der Waals surface area contributed by atoms with Gasteiger partial charge in [-0.3, -0.25) is 0 Å². The zero-order valence-electron chi connectivity index (χ0n) is 9.73. The summed E-state index contributed by atoms with van der Waals surface area (Å²) in [6.45, 7) is 3.03. The second-order valence-corrected chi connectivity index (χ2v) is 5.03. The van der Waals surface area contributed by atoms with Crippen LogP contribution in [0.2, 0.25) is 0 Å². The van der Waals surface area contributed by atoms with Crippen LogP contribution in [-0.4, -0.2) is 27.1 Å². The number of aliphatic hydroxyl groups is 1. The summed E-state index contributed by atoms with van der Waals surface area (Å²) >= 11 is 3.45. The summed E-state index contributed by atoms with van der Waals surface area (Å²) < 4.78 is 3.09. The fourth-order valence-electron chi connectivity index (χ4n) is 1.71. The van der Waals surface area contributed by atoms with Crippen LogP contribution in [0.4, 0.5) is 0 Å². The van der Waals surface area contributed by atoms with Gasteiger partial charge in [-0.1, -0.05) is 0 Å². The fourth-order valence-corrected chi connectivity index (χ4v) is 2.05. The largest absolute Gasteiger partial charge is 0.396 e. The molecule has 2 rings (SSSR count). The highest BCUT2D eigenvalue weighted by Gasteiger charge is 2.05. The van der Waals surface area contributed by atoms with Gasteiger partial charge in [0.2, 0.25) is 0 Å². The van der Waals surface area contributed by atoms with Gasteiger partial charge in [0.05, 0.1) is 11.9 Å². The molecule has 92 valence electrons. The molecule has 2 heterocycles. The summed E-state index contributed by atoms with van der Waals surface area (Å²) in [5.41, 5.74) is 2.06. The van der Waals surface area contributed by atoms with Crippen LogP contribution in [0.15, 0.2) is 29.0 Å². The maximum atomic E-state index is 8.84. The molecule has 0 aromatic carbocycles. The van der Waals surface area contributed by atoms with Gasteiger partial charge in [-0.15, -0.1) is 0 Å². The molecule has 1 unspecified atom stereocenters. The van der Waals surface area contributed by atoms with Crippen LogP contribution in [0.1, 0.15) is 19.0 Å². The maximum Gasteiger partial charge on any atom is 0.136 e. The minimum absolute atomic E-state index is 0.215. The Hall–Kier alpha value is -0.910. The standard InChI is InChI=1S/C12H16BrN3O/c1-9(4-5-17)14-6-11-7-15-12-3-2-10(13)8-16(11)12/h2-3,7-9,14,17H,4-6H2,1H3. The van der Waals surface area contributed by atoms with E-state index in [9.17, 15) is 0 Å². The van der Waals surface area contributed by atoms with Crippen LogP contribution >= 0.6 is 15.9 Å². The predicted octanol–water partition coefficient (Wildman–Crippen LogP) is 1.96. The number of hydrogen-bond acceptors (Lipinski definition) is 3. The minimum atomic E-state index is 0.215. The molecule has 4 nitrogen and oxygen atoms in total. The average molecular weight is 298 g/mol. The van der Waals surface area contributed by atoms with Crippen molar-refractivity contribution in [1.82, 2.24) is 14.7 Å². The second kappa shape index (κ2) is 5.62.